The van der Waals surface area contributed by atoms with Crippen LogP contribution in [0.5, 0.6) is 0 Å². The third-order valence-corrected chi connectivity index (χ3v) is 5.11. The lowest BCUT2D eigenvalue weighted by molar-refractivity contribution is -0.128. The summed E-state index contributed by atoms with van der Waals surface area (Å²) in [7, 11) is 0. The molecule has 1 atom stereocenters. The Kier molecular flexibility index (Phi) is 3.35. The Bertz CT molecular complexity index is 550. The van der Waals surface area contributed by atoms with E-state index < -0.39 is 0 Å². The third-order valence-electron chi connectivity index (χ3n) is 3.18. The summed E-state index contributed by atoms with van der Waals surface area (Å²) in [5.74, 6) is 0.700. The van der Waals surface area contributed by atoms with Crippen LogP contribution in [-0.2, 0) is 11.3 Å². The fourth-order valence-corrected chi connectivity index (χ4v) is 3.68. The summed E-state index contributed by atoms with van der Waals surface area (Å²) in [5, 5.41) is 1.93. The molecule has 1 amide bonds. The fourth-order valence-electron chi connectivity index (χ4n) is 2.26. The van der Waals surface area contributed by atoms with Crippen molar-refractivity contribution in [2.24, 2.45) is 5.92 Å². The van der Waals surface area contributed by atoms with Crippen LogP contribution < -0.4 is 0 Å². The Balaban J connectivity index is 1.78. The molecular formula is C13H13BrN2OS. The van der Waals surface area contributed by atoms with Crippen LogP contribution in [0.25, 0.3) is 10.2 Å². The van der Waals surface area contributed by atoms with Crippen molar-refractivity contribution < 1.29 is 4.79 Å². The highest BCUT2D eigenvalue weighted by Gasteiger charge is 2.29. The summed E-state index contributed by atoms with van der Waals surface area (Å²) in [4.78, 5) is 18.3. The number of benzene rings is 1. The highest BCUT2D eigenvalue weighted by atomic mass is 79.9. The lowest BCUT2D eigenvalue weighted by Crippen LogP contribution is -2.24. The highest BCUT2D eigenvalue weighted by Crippen LogP contribution is 2.26. The van der Waals surface area contributed by atoms with Crippen molar-refractivity contribution in [1.82, 2.24) is 9.88 Å². The van der Waals surface area contributed by atoms with E-state index in [4.69, 9.17) is 0 Å². The van der Waals surface area contributed by atoms with E-state index in [2.05, 4.69) is 27.0 Å². The second-order valence-corrected chi connectivity index (χ2v) is 6.34. The molecule has 0 spiro atoms. The molecule has 0 bridgehead atoms. The van der Waals surface area contributed by atoms with Crippen LogP contribution in [-0.4, -0.2) is 27.7 Å². The topological polar surface area (TPSA) is 33.2 Å². The van der Waals surface area contributed by atoms with Crippen LogP contribution in [0.4, 0.5) is 0 Å². The zero-order chi connectivity index (χ0) is 12.5. The van der Waals surface area contributed by atoms with E-state index in [0.29, 0.717) is 18.9 Å². The van der Waals surface area contributed by atoms with Crippen molar-refractivity contribution >= 4 is 43.4 Å². The maximum atomic E-state index is 11.8. The predicted molar refractivity (Wildman–Crippen MR) is 76.9 cm³/mol. The summed E-state index contributed by atoms with van der Waals surface area (Å²) in [6, 6.07) is 8.10. The Morgan fingerprint density at radius 3 is 3.00 bits per heavy atom. The van der Waals surface area contributed by atoms with Gasteiger partial charge in [-0.05, 0) is 18.1 Å². The summed E-state index contributed by atoms with van der Waals surface area (Å²) in [5.41, 5.74) is 1.03. The molecule has 1 fully saturated rings. The summed E-state index contributed by atoms with van der Waals surface area (Å²) in [6.45, 7) is 1.50. The van der Waals surface area contributed by atoms with Gasteiger partial charge in [0.05, 0.1) is 16.8 Å². The first kappa shape index (κ1) is 12.1. The van der Waals surface area contributed by atoms with E-state index in [-0.39, 0.29) is 5.91 Å². The number of amides is 1. The standard InChI is InChI=1S/C13H13BrN2OS/c14-6-9-5-13(17)16(7-9)8-12-15-10-3-1-2-4-11(10)18-12/h1-4,9H,5-8H2. The quantitative estimate of drug-likeness (QED) is 0.813. The second-order valence-electron chi connectivity index (χ2n) is 4.57. The number of alkyl halides is 1. The van der Waals surface area contributed by atoms with Crippen molar-refractivity contribution in [3.8, 4) is 0 Å². The average molecular weight is 325 g/mol. The SMILES string of the molecule is O=C1CC(CBr)CN1Cc1nc2ccccc2s1. The summed E-state index contributed by atoms with van der Waals surface area (Å²) in [6.07, 6.45) is 0.663. The van der Waals surface area contributed by atoms with Crippen LogP contribution in [0.3, 0.4) is 0 Å². The van der Waals surface area contributed by atoms with Crippen LogP contribution >= 0.6 is 27.3 Å². The van der Waals surface area contributed by atoms with Gasteiger partial charge in [0.25, 0.3) is 0 Å². The summed E-state index contributed by atoms with van der Waals surface area (Å²) >= 11 is 5.13. The Morgan fingerprint density at radius 1 is 1.44 bits per heavy atom. The molecule has 2 heterocycles. The summed E-state index contributed by atoms with van der Waals surface area (Å²) < 4.78 is 1.19. The van der Waals surface area contributed by atoms with Gasteiger partial charge in [0.2, 0.25) is 5.91 Å². The van der Waals surface area contributed by atoms with Gasteiger partial charge in [-0.1, -0.05) is 28.1 Å². The van der Waals surface area contributed by atoms with E-state index >= 15 is 0 Å². The third kappa shape index (κ3) is 2.29. The van der Waals surface area contributed by atoms with Gasteiger partial charge in [0, 0.05) is 18.3 Å². The van der Waals surface area contributed by atoms with Crippen molar-refractivity contribution in [3.05, 3.63) is 29.3 Å². The molecule has 1 aliphatic rings. The zero-order valence-corrected chi connectivity index (χ0v) is 12.2. The normalized spacial score (nSPS) is 19.9. The van der Waals surface area contributed by atoms with Gasteiger partial charge >= 0.3 is 0 Å². The van der Waals surface area contributed by atoms with Gasteiger partial charge < -0.3 is 4.90 Å². The molecule has 3 nitrogen and oxygen atoms in total. The van der Waals surface area contributed by atoms with Gasteiger partial charge in [0.15, 0.2) is 0 Å². The molecule has 2 aromatic rings. The van der Waals surface area contributed by atoms with Gasteiger partial charge in [-0.3, -0.25) is 4.79 Å². The van der Waals surface area contributed by atoms with E-state index in [9.17, 15) is 4.79 Å². The molecular weight excluding hydrogens is 312 g/mol. The minimum Gasteiger partial charge on any atom is -0.336 e. The Labute approximate surface area is 118 Å². The number of hydrogen-bond donors (Lipinski definition) is 0. The van der Waals surface area contributed by atoms with E-state index in [1.54, 1.807) is 11.3 Å². The molecule has 1 aromatic carbocycles. The van der Waals surface area contributed by atoms with Crippen molar-refractivity contribution in [3.63, 3.8) is 0 Å². The van der Waals surface area contributed by atoms with Crippen molar-refractivity contribution in [1.29, 1.82) is 0 Å². The minimum absolute atomic E-state index is 0.249. The maximum Gasteiger partial charge on any atom is 0.223 e. The number of thiazole rings is 1. The molecule has 0 N–H and O–H groups in total. The highest BCUT2D eigenvalue weighted by molar-refractivity contribution is 9.09. The van der Waals surface area contributed by atoms with Crippen molar-refractivity contribution in [2.45, 2.75) is 13.0 Å². The molecule has 1 aromatic heterocycles. The molecule has 18 heavy (non-hydrogen) atoms. The average Bonchev–Trinajstić information content (AvgIpc) is 2.93. The lowest BCUT2D eigenvalue weighted by atomic mass is 10.2. The number of rotatable bonds is 3. The first-order chi connectivity index (χ1) is 8.76. The maximum absolute atomic E-state index is 11.8. The van der Waals surface area contributed by atoms with Gasteiger partial charge in [0.1, 0.15) is 5.01 Å². The smallest absolute Gasteiger partial charge is 0.223 e. The first-order valence-electron chi connectivity index (χ1n) is 5.94. The Hall–Kier alpha value is -0.940. The van der Waals surface area contributed by atoms with Gasteiger partial charge in [-0.2, -0.15) is 0 Å². The molecule has 0 saturated carbocycles. The number of para-hydroxylation sites is 1. The number of fused-ring (bicyclic) bond motifs is 1. The number of nitrogens with zero attached hydrogens (tertiary/aromatic N) is 2. The first-order valence-corrected chi connectivity index (χ1v) is 7.88. The second kappa shape index (κ2) is 4.97. The number of likely N-dealkylation sites (tertiary alicyclic amines) is 1. The molecule has 3 rings (SSSR count). The molecule has 1 aliphatic heterocycles. The Morgan fingerprint density at radius 2 is 2.28 bits per heavy atom. The largest absolute Gasteiger partial charge is 0.336 e. The van der Waals surface area contributed by atoms with Crippen molar-refractivity contribution in [2.75, 3.05) is 11.9 Å². The number of carbonyl (C=O) groups is 1. The predicted octanol–water partition coefficient (Wildman–Crippen LogP) is 3.04. The number of aromatic nitrogens is 1. The number of hydrogen-bond acceptors (Lipinski definition) is 3. The van der Waals surface area contributed by atoms with E-state index in [1.165, 1.54) is 4.70 Å². The van der Waals surface area contributed by atoms with Crippen LogP contribution in [0, 0.1) is 5.92 Å². The molecule has 0 aliphatic carbocycles. The zero-order valence-electron chi connectivity index (χ0n) is 9.80. The van der Waals surface area contributed by atoms with E-state index in [1.807, 2.05) is 23.1 Å². The molecule has 5 heteroatoms. The van der Waals surface area contributed by atoms with Crippen LogP contribution in [0.1, 0.15) is 11.4 Å². The molecule has 0 radical (unpaired) electrons. The van der Waals surface area contributed by atoms with E-state index in [0.717, 1.165) is 22.4 Å². The lowest BCUT2D eigenvalue weighted by Gasteiger charge is -2.13. The van der Waals surface area contributed by atoms with Gasteiger partial charge in [-0.15, -0.1) is 11.3 Å². The minimum atomic E-state index is 0.249. The number of halogens is 1. The molecule has 94 valence electrons. The van der Waals surface area contributed by atoms with Gasteiger partial charge in [-0.25, -0.2) is 4.98 Å². The fraction of sp³-hybridized carbons (Fsp3) is 0.385. The molecule has 1 unspecified atom stereocenters. The molecule has 1 saturated heterocycles. The van der Waals surface area contributed by atoms with Crippen LogP contribution in [0.15, 0.2) is 24.3 Å². The monoisotopic (exact) mass is 324 g/mol. The van der Waals surface area contributed by atoms with Crippen LogP contribution in [0.2, 0.25) is 0 Å². The number of carbonyl (C=O) groups excluding carboxylic acids is 1.